The first-order chi connectivity index (χ1) is 11.6. The number of nitrogens with zero attached hydrogens (tertiary/aromatic N) is 1. The van der Waals surface area contributed by atoms with Crippen molar-refractivity contribution in [1.29, 1.82) is 0 Å². The standard InChI is InChI=1S/C17H13NO6/c1-22-15-7-6-13(18(20)21)9-16(15)24-17(19)12-8-11-4-2-3-5-14(11)23-10-12/h2-9H,10H2,1H3. The van der Waals surface area contributed by atoms with Crippen LogP contribution in [0.25, 0.3) is 6.08 Å². The Hall–Kier alpha value is -3.35. The summed E-state index contributed by atoms with van der Waals surface area (Å²) < 4.78 is 15.8. The van der Waals surface area contributed by atoms with Crippen molar-refractivity contribution < 1.29 is 23.9 Å². The number of non-ortho nitro benzene ring substituents is 1. The van der Waals surface area contributed by atoms with Crippen LogP contribution in [0.4, 0.5) is 5.69 Å². The molecule has 24 heavy (non-hydrogen) atoms. The molecule has 7 nitrogen and oxygen atoms in total. The molecule has 2 aromatic rings. The molecule has 0 aromatic heterocycles. The summed E-state index contributed by atoms with van der Waals surface area (Å²) in [6.45, 7) is 0.0626. The van der Waals surface area contributed by atoms with Gasteiger partial charge in [-0.1, -0.05) is 18.2 Å². The zero-order valence-electron chi connectivity index (χ0n) is 12.7. The van der Waals surface area contributed by atoms with E-state index >= 15 is 0 Å². The molecule has 1 heterocycles. The van der Waals surface area contributed by atoms with E-state index in [1.165, 1.54) is 19.2 Å². The number of methoxy groups -OCH3 is 1. The van der Waals surface area contributed by atoms with Crippen LogP contribution in [0.1, 0.15) is 5.56 Å². The number of rotatable bonds is 4. The van der Waals surface area contributed by atoms with Gasteiger partial charge in [-0.05, 0) is 18.2 Å². The Bertz CT molecular complexity index is 843. The molecule has 1 aliphatic heterocycles. The number of fused-ring (bicyclic) bond motifs is 1. The van der Waals surface area contributed by atoms with Crippen LogP contribution in [-0.2, 0) is 4.79 Å². The SMILES string of the molecule is COc1ccc([N+](=O)[O-])cc1OC(=O)C1=Cc2ccccc2OC1. The van der Waals surface area contributed by atoms with E-state index in [2.05, 4.69) is 0 Å². The second-order valence-electron chi connectivity index (χ2n) is 4.98. The summed E-state index contributed by atoms with van der Waals surface area (Å²) in [7, 11) is 1.39. The van der Waals surface area contributed by atoms with Gasteiger partial charge in [0.15, 0.2) is 11.5 Å². The van der Waals surface area contributed by atoms with Crippen molar-refractivity contribution in [3.8, 4) is 17.2 Å². The number of hydrogen-bond acceptors (Lipinski definition) is 6. The van der Waals surface area contributed by atoms with E-state index < -0.39 is 10.9 Å². The monoisotopic (exact) mass is 327 g/mol. The summed E-state index contributed by atoms with van der Waals surface area (Å²) in [6, 6.07) is 11.1. The normalized spacial score (nSPS) is 12.5. The zero-order chi connectivity index (χ0) is 17.1. The Morgan fingerprint density at radius 3 is 2.75 bits per heavy atom. The first-order valence-corrected chi connectivity index (χ1v) is 7.05. The average molecular weight is 327 g/mol. The van der Waals surface area contributed by atoms with Crippen LogP contribution in [0.5, 0.6) is 17.2 Å². The number of carbonyl (C=O) groups is 1. The summed E-state index contributed by atoms with van der Waals surface area (Å²) in [5, 5.41) is 10.9. The molecule has 0 radical (unpaired) electrons. The Morgan fingerprint density at radius 1 is 1.21 bits per heavy atom. The largest absolute Gasteiger partial charge is 0.493 e. The second-order valence-corrected chi connectivity index (χ2v) is 4.98. The van der Waals surface area contributed by atoms with E-state index in [0.29, 0.717) is 11.3 Å². The fourth-order valence-corrected chi connectivity index (χ4v) is 2.26. The highest BCUT2D eigenvalue weighted by Crippen LogP contribution is 2.32. The third kappa shape index (κ3) is 3.05. The van der Waals surface area contributed by atoms with Crippen molar-refractivity contribution in [1.82, 2.24) is 0 Å². The number of para-hydroxylation sites is 1. The summed E-state index contributed by atoms with van der Waals surface area (Å²) in [5.74, 6) is 0.244. The maximum atomic E-state index is 12.3. The molecular weight excluding hydrogens is 314 g/mol. The molecule has 0 unspecified atom stereocenters. The van der Waals surface area contributed by atoms with Crippen molar-refractivity contribution in [2.45, 2.75) is 0 Å². The van der Waals surface area contributed by atoms with Gasteiger partial charge in [-0.15, -0.1) is 0 Å². The first kappa shape index (κ1) is 15.5. The molecule has 0 N–H and O–H groups in total. The van der Waals surface area contributed by atoms with Gasteiger partial charge in [0.05, 0.1) is 23.7 Å². The van der Waals surface area contributed by atoms with Gasteiger partial charge in [-0.2, -0.15) is 0 Å². The zero-order valence-corrected chi connectivity index (χ0v) is 12.7. The highest BCUT2D eigenvalue weighted by Gasteiger charge is 2.21. The quantitative estimate of drug-likeness (QED) is 0.371. The average Bonchev–Trinajstić information content (AvgIpc) is 2.61. The van der Waals surface area contributed by atoms with Gasteiger partial charge in [0.1, 0.15) is 12.4 Å². The van der Waals surface area contributed by atoms with Crippen molar-refractivity contribution in [3.63, 3.8) is 0 Å². The Morgan fingerprint density at radius 2 is 2.00 bits per heavy atom. The lowest BCUT2D eigenvalue weighted by Crippen LogP contribution is -2.19. The molecule has 0 saturated heterocycles. The molecule has 7 heteroatoms. The summed E-state index contributed by atoms with van der Waals surface area (Å²) in [4.78, 5) is 22.6. The van der Waals surface area contributed by atoms with Crippen molar-refractivity contribution >= 4 is 17.7 Å². The highest BCUT2D eigenvalue weighted by molar-refractivity contribution is 5.96. The molecule has 122 valence electrons. The molecule has 0 amide bonds. The van der Waals surface area contributed by atoms with Crippen LogP contribution in [0.3, 0.4) is 0 Å². The summed E-state index contributed by atoms with van der Waals surface area (Å²) >= 11 is 0. The molecule has 0 bridgehead atoms. The minimum atomic E-state index is -0.650. The molecule has 0 spiro atoms. The number of nitro groups is 1. The molecule has 1 aliphatic rings. The Balaban J connectivity index is 1.87. The van der Waals surface area contributed by atoms with E-state index in [4.69, 9.17) is 14.2 Å². The van der Waals surface area contributed by atoms with Gasteiger partial charge in [-0.25, -0.2) is 4.79 Å². The molecular formula is C17H13NO6. The van der Waals surface area contributed by atoms with Gasteiger partial charge < -0.3 is 14.2 Å². The number of esters is 1. The Labute approximate surface area is 137 Å². The fourth-order valence-electron chi connectivity index (χ4n) is 2.26. The van der Waals surface area contributed by atoms with Crippen molar-refractivity contribution in [3.05, 3.63) is 63.7 Å². The van der Waals surface area contributed by atoms with Gasteiger partial charge in [-0.3, -0.25) is 10.1 Å². The Kier molecular flexibility index (Phi) is 4.15. The van der Waals surface area contributed by atoms with Crippen LogP contribution in [0.2, 0.25) is 0 Å². The van der Waals surface area contributed by atoms with Crippen LogP contribution in [0, 0.1) is 10.1 Å². The number of hydrogen-bond donors (Lipinski definition) is 0. The molecule has 0 aliphatic carbocycles. The second kappa shape index (κ2) is 6.41. The lowest BCUT2D eigenvalue weighted by atomic mass is 10.1. The maximum Gasteiger partial charge on any atom is 0.343 e. The maximum absolute atomic E-state index is 12.3. The minimum Gasteiger partial charge on any atom is -0.493 e. The molecule has 0 atom stereocenters. The van der Waals surface area contributed by atoms with Gasteiger partial charge in [0, 0.05) is 11.6 Å². The fraction of sp³-hybridized carbons (Fsp3) is 0.118. The molecule has 0 saturated carbocycles. The first-order valence-electron chi connectivity index (χ1n) is 7.05. The summed E-state index contributed by atoms with van der Waals surface area (Å²) in [5.41, 5.74) is 0.877. The van der Waals surface area contributed by atoms with E-state index in [9.17, 15) is 14.9 Å². The number of benzene rings is 2. The van der Waals surface area contributed by atoms with Crippen LogP contribution in [0.15, 0.2) is 48.0 Å². The number of ether oxygens (including phenoxy) is 3. The lowest BCUT2D eigenvalue weighted by Gasteiger charge is -2.17. The van der Waals surface area contributed by atoms with E-state index in [1.54, 1.807) is 12.1 Å². The number of carbonyl (C=O) groups excluding carboxylic acids is 1. The molecule has 2 aromatic carbocycles. The van der Waals surface area contributed by atoms with Gasteiger partial charge in [0.25, 0.3) is 5.69 Å². The third-order valence-electron chi connectivity index (χ3n) is 3.45. The predicted molar refractivity (Wildman–Crippen MR) is 85.2 cm³/mol. The third-order valence-corrected chi connectivity index (χ3v) is 3.45. The predicted octanol–water partition coefficient (Wildman–Crippen LogP) is 2.98. The van der Waals surface area contributed by atoms with E-state index in [1.807, 2.05) is 18.2 Å². The van der Waals surface area contributed by atoms with Crippen LogP contribution < -0.4 is 14.2 Å². The smallest absolute Gasteiger partial charge is 0.343 e. The molecule has 3 rings (SSSR count). The van der Waals surface area contributed by atoms with Crippen LogP contribution in [-0.4, -0.2) is 24.6 Å². The van der Waals surface area contributed by atoms with Gasteiger partial charge in [0.2, 0.25) is 0 Å². The summed E-state index contributed by atoms with van der Waals surface area (Å²) in [6.07, 6.45) is 1.67. The van der Waals surface area contributed by atoms with Crippen molar-refractivity contribution in [2.75, 3.05) is 13.7 Å². The number of nitro benzene ring substituents is 1. The molecule has 0 fully saturated rings. The lowest BCUT2D eigenvalue weighted by molar-refractivity contribution is -0.384. The topological polar surface area (TPSA) is 87.9 Å². The van der Waals surface area contributed by atoms with E-state index in [-0.39, 0.29) is 23.8 Å². The van der Waals surface area contributed by atoms with Crippen LogP contribution >= 0.6 is 0 Å². The van der Waals surface area contributed by atoms with E-state index in [0.717, 1.165) is 11.6 Å². The van der Waals surface area contributed by atoms with Gasteiger partial charge >= 0.3 is 5.97 Å². The minimum absolute atomic E-state index is 0.0172. The highest BCUT2D eigenvalue weighted by atomic mass is 16.6. The van der Waals surface area contributed by atoms with Crippen molar-refractivity contribution in [2.24, 2.45) is 0 Å².